The third kappa shape index (κ3) is 7.07. The molecular weight excluding hydrogens is 453 g/mol. The largest absolute Gasteiger partial charge is 0.412 e. The fraction of sp³-hybridized carbons (Fsp3) is 0.536. The third-order valence-corrected chi connectivity index (χ3v) is 7.54. The van der Waals surface area contributed by atoms with Crippen LogP contribution in [0.2, 0.25) is 0 Å². The van der Waals surface area contributed by atoms with Gasteiger partial charge in [0.25, 0.3) is 5.91 Å². The van der Waals surface area contributed by atoms with Gasteiger partial charge in [0, 0.05) is 43.9 Å². The van der Waals surface area contributed by atoms with Gasteiger partial charge in [-0.1, -0.05) is 48.6 Å². The van der Waals surface area contributed by atoms with Gasteiger partial charge in [-0.3, -0.25) is 4.79 Å². The number of likely N-dealkylation sites (tertiary alicyclic amines) is 2. The van der Waals surface area contributed by atoms with Crippen LogP contribution in [0.15, 0.2) is 65.8 Å². The number of carbonyl (C=O) groups excluding carboxylic acids is 1. The van der Waals surface area contributed by atoms with Gasteiger partial charge in [0.1, 0.15) is 0 Å². The van der Waals surface area contributed by atoms with Crippen molar-refractivity contribution >= 4 is 5.91 Å². The number of aryl methyl sites for hydroxylation is 1. The van der Waals surface area contributed by atoms with Gasteiger partial charge in [-0.2, -0.15) is 13.2 Å². The molecule has 1 amide bonds. The summed E-state index contributed by atoms with van der Waals surface area (Å²) in [6.45, 7) is 3.84. The second kappa shape index (κ2) is 11.1. The normalized spacial score (nSPS) is 23.1. The minimum atomic E-state index is -4.37. The van der Waals surface area contributed by atoms with E-state index in [0.29, 0.717) is 24.6 Å². The van der Waals surface area contributed by atoms with Gasteiger partial charge in [0.05, 0.1) is 5.60 Å². The molecule has 4 nitrogen and oxygen atoms in total. The highest BCUT2D eigenvalue weighted by Gasteiger charge is 2.35. The average Bonchev–Trinajstić information content (AvgIpc) is 3.14. The summed E-state index contributed by atoms with van der Waals surface area (Å²) >= 11 is 0. The van der Waals surface area contributed by atoms with Crippen molar-refractivity contribution in [3.05, 3.63) is 71.3 Å². The minimum absolute atomic E-state index is 0.199. The van der Waals surface area contributed by atoms with Crippen LogP contribution in [0.5, 0.6) is 0 Å². The summed E-state index contributed by atoms with van der Waals surface area (Å²) in [6, 6.07) is 10.4. The number of halogens is 3. The number of amides is 1. The number of hydrogen-bond donors (Lipinski definition) is 1. The van der Waals surface area contributed by atoms with E-state index in [9.17, 15) is 23.1 Å². The zero-order chi connectivity index (χ0) is 24.9. The van der Waals surface area contributed by atoms with Gasteiger partial charge in [0.15, 0.2) is 0 Å². The first kappa shape index (κ1) is 25.7. The Labute approximate surface area is 205 Å². The first-order valence-corrected chi connectivity index (χ1v) is 12.6. The Morgan fingerprint density at radius 1 is 1.09 bits per heavy atom. The van der Waals surface area contributed by atoms with Crippen molar-refractivity contribution < 1.29 is 23.1 Å². The van der Waals surface area contributed by atoms with Crippen LogP contribution in [0.1, 0.15) is 44.1 Å². The van der Waals surface area contributed by atoms with Gasteiger partial charge >= 0.3 is 6.18 Å². The molecule has 3 aliphatic rings. The molecule has 2 aliphatic heterocycles. The lowest BCUT2D eigenvalue weighted by Crippen LogP contribution is -2.46. The van der Waals surface area contributed by atoms with E-state index < -0.39 is 17.4 Å². The summed E-state index contributed by atoms with van der Waals surface area (Å²) in [5, 5.41) is 11.0. The Bertz CT molecular complexity index is 960. The average molecular weight is 489 g/mol. The van der Waals surface area contributed by atoms with Crippen LogP contribution in [0.4, 0.5) is 13.2 Å². The van der Waals surface area contributed by atoms with E-state index in [4.69, 9.17) is 0 Å². The molecule has 4 rings (SSSR count). The summed E-state index contributed by atoms with van der Waals surface area (Å²) in [5.41, 5.74) is 0.384. The van der Waals surface area contributed by atoms with Crippen LogP contribution in [-0.2, 0) is 11.2 Å². The molecule has 35 heavy (non-hydrogen) atoms. The van der Waals surface area contributed by atoms with Crippen LogP contribution < -0.4 is 0 Å². The molecule has 0 aromatic heterocycles. The molecule has 1 aromatic carbocycles. The number of piperidine rings is 1. The van der Waals surface area contributed by atoms with Crippen LogP contribution >= 0.6 is 0 Å². The number of rotatable bonds is 7. The summed E-state index contributed by atoms with van der Waals surface area (Å²) < 4.78 is 38.9. The molecule has 0 bridgehead atoms. The molecule has 7 heteroatoms. The van der Waals surface area contributed by atoms with E-state index in [1.807, 2.05) is 18.2 Å². The fourth-order valence-corrected chi connectivity index (χ4v) is 5.36. The van der Waals surface area contributed by atoms with Crippen LogP contribution in [-0.4, -0.2) is 65.3 Å². The van der Waals surface area contributed by atoms with Crippen molar-refractivity contribution in [2.45, 2.75) is 56.7 Å². The zero-order valence-electron chi connectivity index (χ0n) is 20.1. The van der Waals surface area contributed by atoms with E-state index in [-0.39, 0.29) is 12.3 Å². The number of nitrogens with zero attached hydrogens (tertiary/aromatic N) is 2. The fourth-order valence-electron chi connectivity index (χ4n) is 5.36. The number of hydrogen-bond acceptors (Lipinski definition) is 3. The van der Waals surface area contributed by atoms with Crippen molar-refractivity contribution in [2.24, 2.45) is 5.92 Å². The predicted molar refractivity (Wildman–Crippen MR) is 131 cm³/mol. The van der Waals surface area contributed by atoms with E-state index >= 15 is 0 Å². The molecule has 2 fully saturated rings. The smallest absolute Gasteiger partial charge is 0.390 e. The number of allylic oxidation sites excluding steroid dienone is 4. The lowest BCUT2D eigenvalue weighted by Gasteiger charge is -2.39. The van der Waals surface area contributed by atoms with Gasteiger partial charge < -0.3 is 14.9 Å². The number of carbonyl (C=O) groups is 1. The molecule has 1 atom stereocenters. The molecule has 1 aliphatic carbocycles. The minimum Gasteiger partial charge on any atom is -0.390 e. The van der Waals surface area contributed by atoms with Crippen molar-refractivity contribution in [3.63, 3.8) is 0 Å². The maximum Gasteiger partial charge on any atom is 0.412 e. The maximum absolute atomic E-state index is 13.0. The quantitative estimate of drug-likeness (QED) is 0.584. The van der Waals surface area contributed by atoms with E-state index in [2.05, 4.69) is 17.0 Å². The first-order valence-electron chi connectivity index (χ1n) is 12.6. The van der Waals surface area contributed by atoms with Crippen molar-refractivity contribution in [1.82, 2.24) is 9.80 Å². The third-order valence-electron chi connectivity index (χ3n) is 7.54. The highest BCUT2D eigenvalue weighted by Crippen LogP contribution is 2.31. The molecule has 190 valence electrons. The second-order valence-electron chi connectivity index (χ2n) is 10.2. The highest BCUT2D eigenvalue weighted by atomic mass is 19.4. The second-order valence-corrected chi connectivity index (χ2v) is 10.2. The monoisotopic (exact) mass is 488 g/mol. The predicted octanol–water partition coefficient (Wildman–Crippen LogP) is 5.06. The molecular formula is C28H35F3N2O2. The Hall–Kier alpha value is -2.38. The Morgan fingerprint density at radius 3 is 2.54 bits per heavy atom. The lowest BCUT2D eigenvalue weighted by molar-refractivity contribution is -0.125. The zero-order valence-corrected chi connectivity index (χ0v) is 20.1. The number of aliphatic hydroxyl groups is 1. The molecule has 0 spiro atoms. The highest BCUT2D eigenvalue weighted by molar-refractivity contribution is 5.96. The first-order chi connectivity index (χ1) is 16.7. The number of benzene rings is 1. The Morgan fingerprint density at radius 2 is 1.83 bits per heavy atom. The van der Waals surface area contributed by atoms with E-state index in [1.165, 1.54) is 23.8 Å². The summed E-state index contributed by atoms with van der Waals surface area (Å²) in [5.74, 6) is 0.148. The summed E-state index contributed by atoms with van der Waals surface area (Å²) in [4.78, 5) is 17.0. The molecule has 1 aromatic rings. The Kier molecular flexibility index (Phi) is 8.17. The molecule has 0 saturated carbocycles. The lowest BCUT2D eigenvalue weighted by atomic mass is 9.85. The van der Waals surface area contributed by atoms with E-state index in [0.717, 1.165) is 64.2 Å². The number of alkyl halides is 3. The van der Waals surface area contributed by atoms with Crippen LogP contribution in [0.25, 0.3) is 0 Å². The SMILES string of the molecule is O=C(C1=CC=C(C(F)(F)F)CC=C1)N1CCC(CN2CCC(O)(CCCc3ccccc3)CC2)C1. The van der Waals surface area contributed by atoms with Crippen LogP contribution in [0.3, 0.4) is 0 Å². The van der Waals surface area contributed by atoms with Crippen LogP contribution in [0, 0.1) is 5.92 Å². The van der Waals surface area contributed by atoms with Gasteiger partial charge in [-0.25, -0.2) is 0 Å². The van der Waals surface area contributed by atoms with Crippen molar-refractivity contribution in [3.8, 4) is 0 Å². The molecule has 0 radical (unpaired) electrons. The van der Waals surface area contributed by atoms with Gasteiger partial charge in [0.2, 0.25) is 0 Å². The summed E-state index contributed by atoms with van der Waals surface area (Å²) in [7, 11) is 0. The molecule has 1 unspecified atom stereocenters. The van der Waals surface area contributed by atoms with Crippen molar-refractivity contribution in [1.29, 1.82) is 0 Å². The van der Waals surface area contributed by atoms with Crippen molar-refractivity contribution in [2.75, 3.05) is 32.7 Å². The van der Waals surface area contributed by atoms with Gasteiger partial charge in [-0.15, -0.1) is 0 Å². The van der Waals surface area contributed by atoms with E-state index in [1.54, 1.807) is 4.90 Å². The molecule has 1 N–H and O–H groups in total. The summed E-state index contributed by atoms with van der Waals surface area (Å²) in [6.07, 6.45) is 5.85. The maximum atomic E-state index is 13.0. The molecule has 2 heterocycles. The standard InChI is InChI=1S/C28H35F3N2O2/c29-28(30,31)25-10-4-9-24(11-12-25)26(34)33-17-13-23(21-33)20-32-18-15-27(35,16-19-32)14-5-8-22-6-2-1-3-7-22/h1-4,6-7,9,11-12,23,35H,5,8,10,13-21H2. The topological polar surface area (TPSA) is 43.8 Å². The Balaban J connectivity index is 1.21. The molecule has 2 saturated heterocycles. The van der Waals surface area contributed by atoms with Gasteiger partial charge in [-0.05, 0) is 62.5 Å².